The second kappa shape index (κ2) is 9.20. The number of nitrogens with one attached hydrogen (secondary N) is 1. The van der Waals surface area contributed by atoms with Crippen LogP contribution in [0.1, 0.15) is 38.2 Å². The van der Waals surface area contributed by atoms with Crippen molar-refractivity contribution in [2.75, 3.05) is 36.4 Å². The van der Waals surface area contributed by atoms with Gasteiger partial charge >= 0.3 is 0 Å². The molecule has 2 aromatic rings. The summed E-state index contributed by atoms with van der Waals surface area (Å²) < 4.78 is 28.2. The first kappa shape index (κ1) is 21.9. The van der Waals surface area contributed by atoms with Crippen LogP contribution in [0.2, 0.25) is 0 Å². The number of hydrogen-bond acceptors (Lipinski definition) is 5. The molecule has 154 valence electrons. The summed E-state index contributed by atoms with van der Waals surface area (Å²) in [7, 11) is -1.96. The van der Waals surface area contributed by atoms with E-state index in [2.05, 4.69) is 29.0 Å². The van der Waals surface area contributed by atoms with E-state index in [1.807, 2.05) is 6.07 Å². The largest absolute Gasteiger partial charge is 0.357 e. The van der Waals surface area contributed by atoms with Crippen molar-refractivity contribution < 1.29 is 13.2 Å². The summed E-state index contributed by atoms with van der Waals surface area (Å²) in [6.45, 7) is 10.1. The van der Waals surface area contributed by atoms with Gasteiger partial charge in [0.15, 0.2) is 0 Å². The van der Waals surface area contributed by atoms with Gasteiger partial charge in [-0.25, -0.2) is 13.4 Å². The Morgan fingerprint density at radius 2 is 1.75 bits per heavy atom. The lowest BCUT2D eigenvalue weighted by Gasteiger charge is -2.19. The Hall–Kier alpha value is -2.39. The fourth-order valence-electron chi connectivity index (χ4n) is 3.00. The second-order valence-corrected chi connectivity index (χ2v) is 8.23. The summed E-state index contributed by atoms with van der Waals surface area (Å²) in [5.74, 6) is 0.454. The molecule has 0 aliphatic carbocycles. The number of amides is 1. The number of aromatic nitrogens is 2. The van der Waals surface area contributed by atoms with Crippen LogP contribution in [-0.4, -0.2) is 54.4 Å². The number of nitrogens with zero attached hydrogens (tertiary/aromatic N) is 4. The maximum Gasteiger partial charge on any atom is 0.272 e. The lowest BCUT2D eigenvalue weighted by Crippen LogP contribution is -2.30. The number of rotatable bonds is 9. The van der Waals surface area contributed by atoms with Crippen LogP contribution < -0.4 is 10.2 Å². The van der Waals surface area contributed by atoms with Crippen LogP contribution >= 0.6 is 0 Å². The third kappa shape index (κ3) is 4.53. The molecule has 9 heteroatoms. The van der Waals surface area contributed by atoms with Gasteiger partial charge in [-0.1, -0.05) is 13.8 Å². The van der Waals surface area contributed by atoms with Crippen LogP contribution in [-0.2, 0) is 17.1 Å². The standard InChI is InChI=1S/C19H29N5O3S/c1-6-23(7-2)18-11-10-15(13-20-18)21-19(25)17-12-16(14-22(17)5)28(26,27)24(8-3)9-4/h10-14H,6-9H2,1-5H3,(H,21,25). The van der Waals surface area contributed by atoms with Crippen LogP contribution in [0.3, 0.4) is 0 Å². The van der Waals surface area contributed by atoms with Gasteiger partial charge in [-0.15, -0.1) is 0 Å². The highest BCUT2D eigenvalue weighted by atomic mass is 32.2. The smallest absolute Gasteiger partial charge is 0.272 e. The van der Waals surface area contributed by atoms with Crippen molar-refractivity contribution in [2.24, 2.45) is 7.05 Å². The molecule has 0 unspecified atom stereocenters. The van der Waals surface area contributed by atoms with Crippen molar-refractivity contribution in [3.05, 3.63) is 36.3 Å². The molecule has 8 nitrogen and oxygen atoms in total. The number of aryl methyl sites for hydroxylation is 1. The maximum atomic E-state index is 12.7. The number of hydrogen-bond donors (Lipinski definition) is 1. The Morgan fingerprint density at radius 3 is 2.25 bits per heavy atom. The van der Waals surface area contributed by atoms with Gasteiger partial charge in [0.1, 0.15) is 16.4 Å². The molecule has 0 bridgehead atoms. The van der Waals surface area contributed by atoms with Crippen LogP contribution in [0, 0.1) is 0 Å². The zero-order valence-corrected chi connectivity index (χ0v) is 18.0. The van der Waals surface area contributed by atoms with E-state index >= 15 is 0 Å². The molecule has 0 spiro atoms. The first-order chi connectivity index (χ1) is 13.3. The van der Waals surface area contributed by atoms with Gasteiger partial charge in [0.25, 0.3) is 5.91 Å². The average molecular weight is 408 g/mol. The topological polar surface area (TPSA) is 87.5 Å². The third-order valence-corrected chi connectivity index (χ3v) is 6.66. The number of anilines is 2. The van der Waals surface area contributed by atoms with E-state index < -0.39 is 10.0 Å². The molecule has 0 saturated heterocycles. The molecule has 0 aliphatic heterocycles. The van der Waals surface area contributed by atoms with Crippen molar-refractivity contribution >= 4 is 27.4 Å². The Morgan fingerprint density at radius 1 is 1.11 bits per heavy atom. The normalized spacial score (nSPS) is 11.6. The third-order valence-electron chi connectivity index (χ3n) is 4.65. The lowest BCUT2D eigenvalue weighted by atomic mass is 10.3. The minimum Gasteiger partial charge on any atom is -0.357 e. The molecule has 2 heterocycles. The van der Waals surface area contributed by atoms with E-state index in [9.17, 15) is 13.2 Å². The first-order valence-electron chi connectivity index (χ1n) is 9.47. The molecule has 2 rings (SSSR count). The van der Waals surface area contributed by atoms with Crippen molar-refractivity contribution in [3.63, 3.8) is 0 Å². The van der Waals surface area contributed by atoms with Gasteiger partial charge in [-0.2, -0.15) is 4.31 Å². The van der Waals surface area contributed by atoms with Gasteiger partial charge in [0, 0.05) is 39.4 Å². The van der Waals surface area contributed by atoms with Crippen molar-refractivity contribution in [1.82, 2.24) is 13.9 Å². The zero-order chi connectivity index (χ0) is 20.9. The molecule has 28 heavy (non-hydrogen) atoms. The van der Waals surface area contributed by atoms with E-state index in [-0.39, 0.29) is 16.5 Å². The molecule has 0 radical (unpaired) electrons. The number of carbonyl (C=O) groups excluding carboxylic acids is 1. The Balaban J connectivity index is 2.21. The van der Waals surface area contributed by atoms with Gasteiger partial charge in [-0.05, 0) is 32.0 Å². The van der Waals surface area contributed by atoms with E-state index in [0.717, 1.165) is 18.9 Å². The van der Waals surface area contributed by atoms with Gasteiger partial charge in [0.2, 0.25) is 10.0 Å². The Bertz CT molecular complexity index is 898. The van der Waals surface area contributed by atoms with E-state index in [0.29, 0.717) is 18.8 Å². The highest BCUT2D eigenvalue weighted by Crippen LogP contribution is 2.20. The van der Waals surface area contributed by atoms with Crippen LogP contribution in [0.5, 0.6) is 0 Å². The molecule has 0 aliphatic rings. The maximum absolute atomic E-state index is 12.7. The summed E-state index contributed by atoms with van der Waals surface area (Å²) in [6.07, 6.45) is 3.06. The molecule has 0 aromatic carbocycles. The van der Waals surface area contributed by atoms with Gasteiger partial charge < -0.3 is 14.8 Å². The predicted octanol–water partition coefficient (Wildman–Crippen LogP) is 2.55. The Labute approximate surface area is 167 Å². The molecule has 0 atom stereocenters. The number of carbonyl (C=O) groups is 1. The van der Waals surface area contributed by atoms with Gasteiger partial charge in [0.05, 0.1) is 11.9 Å². The van der Waals surface area contributed by atoms with Crippen LogP contribution in [0.4, 0.5) is 11.5 Å². The predicted molar refractivity (Wildman–Crippen MR) is 111 cm³/mol. The monoisotopic (exact) mass is 407 g/mol. The summed E-state index contributed by atoms with van der Waals surface area (Å²) in [6, 6.07) is 5.04. The molecule has 2 aromatic heterocycles. The highest BCUT2D eigenvalue weighted by Gasteiger charge is 2.25. The summed E-state index contributed by atoms with van der Waals surface area (Å²) in [5, 5.41) is 2.77. The van der Waals surface area contributed by atoms with E-state index in [4.69, 9.17) is 0 Å². The highest BCUT2D eigenvalue weighted by molar-refractivity contribution is 7.89. The zero-order valence-electron chi connectivity index (χ0n) is 17.1. The van der Waals surface area contributed by atoms with Crippen molar-refractivity contribution in [2.45, 2.75) is 32.6 Å². The quantitative estimate of drug-likeness (QED) is 0.690. The molecule has 0 fully saturated rings. The van der Waals surface area contributed by atoms with Crippen LogP contribution in [0.25, 0.3) is 0 Å². The SMILES string of the molecule is CCN(CC)c1ccc(NC(=O)c2cc(S(=O)(=O)N(CC)CC)cn2C)cn1. The minimum atomic E-state index is -3.62. The number of pyridine rings is 1. The average Bonchev–Trinajstić information content (AvgIpc) is 3.07. The fourth-order valence-corrected chi connectivity index (χ4v) is 4.53. The molecule has 0 saturated carbocycles. The fraction of sp³-hybridized carbons (Fsp3) is 0.474. The summed E-state index contributed by atoms with van der Waals surface area (Å²) in [4.78, 5) is 19.2. The van der Waals surface area contributed by atoms with Crippen LogP contribution in [0.15, 0.2) is 35.5 Å². The minimum absolute atomic E-state index is 0.110. The summed E-state index contributed by atoms with van der Waals surface area (Å²) in [5.41, 5.74) is 0.814. The van der Waals surface area contributed by atoms with Crippen molar-refractivity contribution in [1.29, 1.82) is 0 Å². The van der Waals surface area contributed by atoms with Gasteiger partial charge in [-0.3, -0.25) is 4.79 Å². The second-order valence-electron chi connectivity index (χ2n) is 6.29. The van der Waals surface area contributed by atoms with E-state index in [1.165, 1.54) is 21.1 Å². The Kier molecular flexibility index (Phi) is 7.20. The molecular formula is C19H29N5O3S. The van der Waals surface area contributed by atoms with Crippen molar-refractivity contribution in [3.8, 4) is 0 Å². The first-order valence-corrected chi connectivity index (χ1v) is 10.9. The molecule has 1 amide bonds. The molecular weight excluding hydrogens is 378 g/mol. The number of sulfonamides is 1. The molecule has 1 N–H and O–H groups in total. The summed E-state index contributed by atoms with van der Waals surface area (Å²) >= 11 is 0. The lowest BCUT2D eigenvalue weighted by molar-refractivity contribution is 0.101. The van der Waals surface area contributed by atoms with E-state index in [1.54, 1.807) is 33.2 Å².